The Balaban J connectivity index is 2.03. The fourth-order valence-corrected chi connectivity index (χ4v) is 2.98. The lowest BCUT2D eigenvalue weighted by Crippen LogP contribution is -2.29. The highest BCUT2D eigenvalue weighted by Gasteiger charge is 2.26. The third-order valence-electron chi connectivity index (χ3n) is 4.10. The van der Waals surface area contributed by atoms with Crippen molar-refractivity contribution >= 4 is 0 Å². The van der Waals surface area contributed by atoms with Gasteiger partial charge in [-0.2, -0.15) is 8.78 Å². The number of aliphatic hydroxyl groups excluding tert-OH is 1. The predicted molar refractivity (Wildman–Crippen MR) is 79.3 cm³/mol. The Bertz CT molecular complexity index is 484. The molecule has 0 spiro atoms. The summed E-state index contributed by atoms with van der Waals surface area (Å²) in [5.74, 6) is 0.865. The molecular formula is C16H23F2NO3. The van der Waals surface area contributed by atoms with Crippen LogP contribution in [-0.4, -0.2) is 43.4 Å². The molecule has 1 aliphatic carbocycles. The normalized spacial score (nSPS) is 21.6. The smallest absolute Gasteiger partial charge is 0.387 e. The molecule has 1 aromatic carbocycles. The van der Waals surface area contributed by atoms with Crippen molar-refractivity contribution in [3.05, 3.63) is 23.8 Å². The molecular weight excluding hydrogens is 292 g/mol. The maximum atomic E-state index is 12.5. The van der Waals surface area contributed by atoms with Gasteiger partial charge in [-0.3, -0.25) is 0 Å². The molecule has 1 aromatic rings. The van der Waals surface area contributed by atoms with Crippen LogP contribution in [0.25, 0.3) is 0 Å². The molecule has 22 heavy (non-hydrogen) atoms. The molecule has 124 valence electrons. The van der Waals surface area contributed by atoms with Gasteiger partial charge >= 0.3 is 6.61 Å². The molecule has 1 aliphatic rings. The molecule has 2 unspecified atom stereocenters. The van der Waals surface area contributed by atoms with E-state index in [0.29, 0.717) is 17.9 Å². The zero-order valence-corrected chi connectivity index (χ0v) is 13.0. The Hall–Kier alpha value is -1.40. The molecule has 2 atom stereocenters. The number of hydrogen-bond donors (Lipinski definition) is 1. The molecule has 0 aliphatic heterocycles. The monoisotopic (exact) mass is 315 g/mol. The van der Waals surface area contributed by atoms with Crippen LogP contribution in [0.4, 0.5) is 8.78 Å². The summed E-state index contributed by atoms with van der Waals surface area (Å²) in [5.41, 5.74) is 0.677. The van der Waals surface area contributed by atoms with Gasteiger partial charge in [-0.15, -0.1) is 0 Å². The van der Waals surface area contributed by atoms with Gasteiger partial charge in [-0.1, -0.05) is 12.5 Å². The van der Waals surface area contributed by atoms with Crippen LogP contribution < -0.4 is 9.47 Å². The number of alkyl halides is 2. The van der Waals surface area contributed by atoms with E-state index in [-0.39, 0.29) is 17.8 Å². The first-order valence-corrected chi connectivity index (χ1v) is 7.48. The van der Waals surface area contributed by atoms with Crippen LogP contribution in [-0.2, 0) is 6.54 Å². The van der Waals surface area contributed by atoms with E-state index in [1.165, 1.54) is 13.2 Å². The SMILES string of the molecule is COc1ccc(CN(C)CC2CCCC2O)c(OC(F)F)c1. The quantitative estimate of drug-likeness (QED) is 0.840. The number of methoxy groups -OCH3 is 1. The molecule has 2 rings (SSSR count). The number of benzene rings is 1. The minimum absolute atomic E-state index is 0.133. The highest BCUT2D eigenvalue weighted by atomic mass is 19.3. The largest absolute Gasteiger partial charge is 0.497 e. The van der Waals surface area contributed by atoms with Crippen LogP contribution in [0.15, 0.2) is 18.2 Å². The number of nitrogens with zero attached hydrogens (tertiary/aromatic N) is 1. The lowest BCUT2D eigenvalue weighted by Gasteiger charge is -2.24. The van der Waals surface area contributed by atoms with Gasteiger partial charge in [0, 0.05) is 24.7 Å². The number of hydrogen-bond acceptors (Lipinski definition) is 4. The van der Waals surface area contributed by atoms with Gasteiger partial charge < -0.3 is 19.5 Å². The van der Waals surface area contributed by atoms with E-state index in [9.17, 15) is 13.9 Å². The minimum Gasteiger partial charge on any atom is -0.497 e. The van der Waals surface area contributed by atoms with E-state index in [1.54, 1.807) is 12.1 Å². The highest BCUT2D eigenvalue weighted by molar-refractivity contribution is 5.40. The van der Waals surface area contributed by atoms with Crippen molar-refractivity contribution in [2.75, 3.05) is 20.7 Å². The second-order valence-corrected chi connectivity index (χ2v) is 5.81. The topological polar surface area (TPSA) is 41.9 Å². The second-order valence-electron chi connectivity index (χ2n) is 5.81. The molecule has 1 fully saturated rings. The summed E-state index contributed by atoms with van der Waals surface area (Å²) in [6.45, 7) is -1.65. The van der Waals surface area contributed by atoms with Crippen molar-refractivity contribution < 1.29 is 23.4 Å². The molecule has 0 radical (unpaired) electrons. The number of ether oxygens (including phenoxy) is 2. The molecule has 0 saturated heterocycles. The first kappa shape index (κ1) is 17.0. The van der Waals surface area contributed by atoms with Crippen LogP contribution in [0.1, 0.15) is 24.8 Å². The fraction of sp³-hybridized carbons (Fsp3) is 0.625. The van der Waals surface area contributed by atoms with Crippen molar-refractivity contribution in [2.45, 2.75) is 38.5 Å². The van der Waals surface area contributed by atoms with Crippen LogP contribution >= 0.6 is 0 Å². The number of rotatable bonds is 7. The standard InChI is InChI=1S/C16H23F2NO3/c1-19(9-11-4-3-5-14(11)20)10-12-6-7-13(21-2)8-15(12)22-16(17)18/h6-8,11,14,16,20H,3-5,9-10H2,1-2H3. The van der Waals surface area contributed by atoms with Crippen molar-refractivity contribution in [1.29, 1.82) is 0 Å². The molecule has 0 aromatic heterocycles. The highest BCUT2D eigenvalue weighted by Crippen LogP contribution is 2.29. The van der Waals surface area contributed by atoms with Gasteiger partial charge in [0.1, 0.15) is 11.5 Å². The lowest BCUT2D eigenvalue weighted by atomic mass is 10.1. The van der Waals surface area contributed by atoms with Gasteiger partial charge in [-0.05, 0) is 31.9 Å². The van der Waals surface area contributed by atoms with Crippen LogP contribution in [0, 0.1) is 5.92 Å². The zero-order valence-electron chi connectivity index (χ0n) is 13.0. The van der Waals surface area contributed by atoms with Gasteiger partial charge in [0.15, 0.2) is 0 Å². The Kier molecular flexibility index (Phi) is 5.97. The van der Waals surface area contributed by atoms with Crippen molar-refractivity contribution in [1.82, 2.24) is 4.90 Å². The Labute approximate surface area is 129 Å². The summed E-state index contributed by atoms with van der Waals surface area (Å²) in [7, 11) is 3.40. The molecule has 0 heterocycles. The predicted octanol–water partition coefficient (Wildman–Crippen LogP) is 2.89. The first-order valence-electron chi connectivity index (χ1n) is 7.48. The Morgan fingerprint density at radius 1 is 1.36 bits per heavy atom. The molecule has 6 heteroatoms. The van der Waals surface area contributed by atoms with E-state index < -0.39 is 6.61 Å². The zero-order chi connectivity index (χ0) is 16.1. The molecule has 1 saturated carbocycles. The van der Waals surface area contributed by atoms with E-state index in [1.807, 2.05) is 11.9 Å². The van der Waals surface area contributed by atoms with Gasteiger partial charge in [0.05, 0.1) is 13.2 Å². The maximum Gasteiger partial charge on any atom is 0.387 e. The molecule has 0 amide bonds. The molecule has 0 bridgehead atoms. The van der Waals surface area contributed by atoms with Crippen LogP contribution in [0.5, 0.6) is 11.5 Å². The minimum atomic E-state index is -2.87. The second kappa shape index (κ2) is 7.74. The van der Waals surface area contributed by atoms with Crippen LogP contribution in [0.2, 0.25) is 0 Å². The van der Waals surface area contributed by atoms with E-state index in [2.05, 4.69) is 4.74 Å². The number of aliphatic hydroxyl groups is 1. The fourth-order valence-electron chi connectivity index (χ4n) is 2.98. The third kappa shape index (κ3) is 4.55. The van der Waals surface area contributed by atoms with Crippen molar-refractivity contribution in [3.8, 4) is 11.5 Å². The van der Waals surface area contributed by atoms with Gasteiger partial charge in [-0.25, -0.2) is 0 Å². The number of halogens is 2. The third-order valence-corrected chi connectivity index (χ3v) is 4.10. The lowest BCUT2D eigenvalue weighted by molar-refractivity contribution is -0.0508. The summed E-state index contributed by atoms with van der Waals surface area (Å²) in [6.07, 6.45) is 2.65. The average Bonchev–Trinajstić information content (AvgIpc) is 2.85. The summed E-state index contributed by atoms with van der Waals surface area (Å²) < 4.78 is 34.7. The Morgan fingerprint density at radius 2 is 2.14 bits per heavy atom. The average molecular weight is 315 g/mol. The van der Waals surface area contributed by atoms with Gasteiger partial charge in [0.25, 0.3) is 0 Å². The summed E-state index contributed by atoms with van der Waals surface area (Å²) in [4.78, 5) is 2.03. The van der Waals surface area contributed by atoms with Crippen molar-refractivity contribution in [3.63, 3.8) is 0 Å². The molecule has 1 N–H and O–H groups in total. The molecule has 4 nitrogen and oxygen atoms in total. The van der Waals surface area contributed by atoms with E-state index in [0.717, 1.165) is 25.8 Å². The van der Waals surface area contributed by atoms with Crippen molar-refractivity contribution in [2.24, 2.45) is 5.92 Å². The summed E-state index contributed by atoms with van der Waals surface area (Å²) in [5, 5.41) is 9.88. The maximum absolute atomic E-state index is 12.5. The van der Waals surface area contributed by atoms with E-state index >= 15 is 0 Å². The van der Waals surface area contributed by atoms with Gasteiger partial charge in [0.2, 0.25) is 0 Å². The van der Waals surface area contributed by atoms with E-state index in [4.69, 9.17) is 4.74 Å². The van der Waals surface area contributed by atoms with Crippen LogP contribution in [0.3, 0.4) is 0 Å². The Morgan fingerprint density at radius 3 is 2.73 bits per heavy atom. The summed E-state index contributed by atoms with van der Waals surface area (Å²) >= 11 is 0. The first-order chi connectivity index (χ1) is 10.5. The summed E-state index contributed by atoms with van der Waals surface area (Å²) in [6, 6.07) is 4.93.